The molecule has 0 aromatic rings. The minimum Gasteiger partial charge on any atom is -0.463 e. The molecule has 8 nitrogen and oxygen atoms in total. The van der Waals surface area contributed by atoms with Gasteiger partial charge in [-0.05, 0) is 0 Å². The number of rotatable bonds is 3. The lowest BCUT2D eigenvalue weighted by atomic mass is 9.89. The van der Waals surface area contributed by atoms with Gasteiger partial charge >= 0.3 is 5.97 Å². The molecule has 0 unspecified atom stereocenters. The van der Waals surface area contributed by atoms with Gasteiger partial charge < -0.3 is 34.6 Å². The Morgan fingerprint density at radius 3 is 2.40 bits per heavy atom. The molecule has 2 fully saturated rings. The van der Waals surface area contributed by atoms with Gasteiger partial charge in [-0.25, -0.2) is 4.79 Å². The van der Waals surface area contributed by atoms with Crippen molar-refractivity contribution in [3.63, 3.8) is 0 Å². The van der Waals surface area contributed by atoms with Crippen molar-refractivity contribution < 1.29 is 39.4 Å². The smallest absolute Gasteiger partial charge is 0.336 e. The highest BCUT2D eigenvalue weighted by Crippen LogP contribution is 2.34. The minimum absolute atomic E-state index is 0.175. The molecule has 0 radical (unpaired) electrons. The van der Waals surface area contributed by atoms with E-state index in [4.69, 9.17) is 19.3 Å². The van der Waals surface area contributed by atoms with Crippen molar-refractivity contribution in [3.8, 4) is 0 Å². The summed E-state index contributed by atoms with van der Waals surface area (Å²) in [6.45, 7) is 3.14. The van der Waals surface area contributed by atoms with Crippen LogP contribution < -0.4 is 0 Å². The topological polar surface area (TPSA) is 126 Å². The predicted octanol–water partition coefficient (Wildman–Crippen LogP) is -2.25. The molecule has 0 aliphatic carbocycles. The van der Waals surface area contributed by atoms with E-state index >= 15 is 0 Å². The number of ether oxygens (including phenoxy) is 3. The van der Waals surface area contributed by atoms with Gasteiger partial charge in [-0.3, -0.25) is 0 Å². The lowest BCUT2D eigenvalue weighted by Gasteiger charge is -2.41. The second kappa shape index (κ2) is 5.55. The molecular formula is C12H20O8. The minimum atomic E-state index is -1.54. The van der Waals surface area contributed by atoms with Crippen molar-refractivity contribution in [2.24, 2.45) is 5.41 Å². The van der Waals surface area contributed by atoms with Crippen LogP contribution in [-0.2, 0) is 19.0 Å². The Morgan fingerprint density at radius 1 is 1.25 bits per heavy atom. The van der Waals surface area contributed by atoms with Gasteiger partial charge in [0.05, 0.1) is 13.2 Å². The van der Waals surface area contributed by atoms with E-state index in [1.165, 1.54) is 0 Å². The first-order valence-electron chi connectivity index (χ1n) is 6.40. The molecule has 2 aliphatic heterocycles. The fourth-order valence-electron chi connectivity index (χ4n) is 2.28. The number of esters is 1. The second-order valence-electron chi connectivity index (χ2n) is 5.81. The summed E-state index contributed by atoms with van der Waals surface area (Å²) in [7, 11) is 0. The Hall–Kier alpha value is -0.770. The fourth-order valence-corrected chi connectivity index (χ4v) is 2.28. The maximum atomic E-state index is 11.6. The van der Waals surface area contributed by atoms with Crippen LogP contribution in [0.15, 0.2) is 0 Å². The first kappa shape index (κ1) is 15.6. The maximum Gasteiger partial charge on any atom is 0.336 e. The molecule has 0 spiro atoms. The number of aliphatic hydroxyl groups is 4. The Bertz CT molecular complexity index is 368. The highest BCUT2D eigenvalue weighted by molar-refractivity contribution is 5.77. The molecule has 0 aromatic carbocycles. The number of carbonyl (C=O) groups is 1. The van der Waals surface area contributed by atoms with Crippen LogP contribution in [0, 0.1) is 5.41 Å². The third kappa shape index (κ3) is 2.67. The van der Waals surface area contributed by atoms with E-state index in [1.807, 2.05) is 0 Å². The van der Waals surface area contributed by atoms with Gasteiger partial charge in [0.2, 0.25) is 0 Å². The van der Waals surface area contributed by atoms with Crippen LogP contribution in [0.5, 0.6) is 0 Å². The van der Waals surface area contributed by atoms with Crippen molar-refractivity contribution >= 4 is 5.97 Å². The molecule has 0 bridgehead atoms. The molecule has 2 rings (SSSR count). The van der Waals surface area contributed by atoms with Gasteiger partial charge in [-0.1, -0.05) is 13.8 Å². The van der Waals surface area contributed by atoms with Crippen molar-refractivity contribution in [2.45, 2.75) is 50.7 Å². The summed E-state index contributed by atoms with van der Waals surface area (Å²) in [6, 6.07) is 0. The Balaban J connectivity index is 2.10. The zero-order valence-corrected chi connectivity index (χ0v) is 11.3. The molecule has 0 saturated carbocycles. The largest absolute Gasteiger partial charge is 0.463 e. The molecule has 2 saturated heterocycles. The highest BCUT2D eigenvalue weighted by atomic mass is 16.7. The van der Waals surface area contributed by atoms with Gasteiger partial charge in [-0.2, -0.15) is 0 Å². The molecule has 2 aliphatic rings. The molecule has 116 valence electrons. The van der Waals surface area contributed by atoms with Crippen LogP contribution >= 0.6 is 0 Å². The first-order valence-corrected chi connectivity index (χ1v) is 6.40. The molecule has 0 aromatic heterocycles. The van der Waals surface area contributed by atoms with Gasteiger partial charge in [-0.15, -0.1) is 0 Å². The lowest BCUT2D eigenvalue weighted by molar-refractivity contribution is -0.313. The number of hydrogen-bond acceptors (Lipinski definition) is 8. The van der Waals surface area contributed by atoms with Crippen LogP contribution in [0.25, 0.3) is 0 Å². The van der Waals surface area contributed by atoms with E-state index in [0.29, 0.717) is 0 Å². The molecule has 8 heteroatoms. The molecule has 0 amide bonds. The molecule has 6 atom stereocenters. The number of carbonyl (C=O) groups excluding carboxylic acids is 1. The summed E-state index contributed by atoms with van der Waals surface area (Å²) in [5.74, 6) is -0.577. The molecule has 2 heterocycles. The number of aliphatic hydroxyl groups excluding tert-OH is 4. The third-order valence-electron chi connectivity index (χ3n) is 3.63. The van der Waals surface area contributed by atoms with Crippen molar-refractivity contribution in [1.29, 1.82) is 0 Å². The van der Waals surface area contributed by atoms with Gasteiger partial charge in [0, 0.05) is 5.41 Å². The van der Waals surface area contributed by atoms with Crippen LogP contribution in [-0.4, -0.2) is 76.4 Å². The quantitative estimate of drug-likeness (QED) is 0.430. The van der Waals surface area contributed by atoms with Gasteiger partial charge in [0.1, 0.15) is 24.4 Å². The van der Waals surface area contributed by atoms with Gasteiger partial charge in [0.25, 0.3) is 0 Å². The highest BCUT2D eigenvalue weighted by Gasteiger charge is 2.50. The standard InChI is InChI=1S/C12H20O8/c1-12(2)4-18-10(17)9(12)20-11-8(16)7(15)6(14)5(3-13)19-11/h5-9,11,13-16H,3-4H2,1-2H3/t5-,6-,7+,8-,9+,11+/m1/s1. The Morgan fingerprint density at radius 2 is 1.90 bits per heavy atom. The van der Waals surface area contributed by atoms with Crippen LogP contribution in [0.3, 0.4) is 0 Å². The Labute approximate surface area is 115 Å². The Kier molecular flexibility index (Phi) is 4.33. The zero-order chi connectivity index (χ0) is 15.1. The summed E-state index contributed by atoms with van der Waals surface area (Å²) in [4.78, 5) is 11.6. The zero-order valence-electron chi connectivity index (χ0n) is 11.3. The second-order valence-corrected chi connectivity index (χ2v) is 5.81. The maximum absolute atomic E-state index is 11.6. The summed E-state index contributed by atoms with van der Waals surface area (Å²) in [6.07, 6.45) is -7.88. The number of hydrogen-bond donors (Lipinski definition) is 4. The summed E-state index contributed by atoms with van der Waals surface area (Å²) in [5.41, 5.74) is -0.601. The summed E-state index contributed by atoms with van der Waals surface area (Å²) in [5, 5.41) is 38.2. The molecule has 4 N–H and O–H groups in total. The van der Waals surface area contributed by atoms with Gasteiger partial charge in [0.15, 0.2) is 12.4 Å². The SMILES string of the molecule is CC1(C)COC(=O)[C@@H]1O[C@@H]1O[C@H](CO)[C@@H](O)[C@H](O)[C@H]1O. The van der Waals surface area contributed by atoms with E-state index in [0.717, 1.165) is 0 Å². The molecular weight excluding hydrogens is 272 g/mol. The van der Waals surface area contributed by atoms with Crippen molar-refractivity contribution in [3.05, 3.63) is 0 Å². The van der Waals surface area contributed by atoms with Crippen molar-refractivity contribution in [1.82, 2.24) is 0 Å². The van der Waals surface area contributed by atoms with Crippen LogP contribution in [0.1, 0.15) is 13.8 Å². The molecule has 20 heavy (non-hydrogen) atoms. The van der Waals surface area contributed by atoms with Crippen LogP contribution in [0.4, 0.5) is 0 Å². The summed E-state index contributed by atoms with van der Waals surface area (Å²) < 4.78 is 15.5. The number of cyclic esters (lactones) is 1. The average molecular weight is 292 g/mol. The van der Waals surface area contributed by atoms with E-state index < -0.39 is 54.8 Å². The fraction of sp³-hybridized carbons (Fsp3) is 0.917. The average Bonchev–Trinajstić information content (AvgIpc) is 2.65. The first-order chi connectivity index (χ1) is 9.27. The third-order valence-corrected chi connectivity index (χ3v) is 3.63. The van der Waals surface area contributed by atoms with E-state index in [2.05, 4.69) is 0 Å². The van der Waals surface area contributed by atoms with E-state index in [-0.39, 0.29) is 6.61 Å². The van der Waals surface area contributed by atoms with Crippen LogP contribution in [0.2, 0.25) is 0 Å². The lowest BCUT2D eigenvalue weighted by Crippen LogP contribution is -2.60. The monoisotopic (exact) mass is 292 g/mol. The summed E-state index contributed by atoms with van der Waals surface area (Å²) >= 11 is 0. The van der Waals surface area contributed by atoms with E-state index in [9.17, 15) is 20.1 Å². The van der Waals surface area contributed by atoms with Crippen molar-refractivity contribution in [2.75, 3.05) is 13.2 Å². The normalized spacial score (nSPS) is 44.4. The predicted molar refractivity (Wildman–Crippen MR) is 63.4 cm³/mol. The van der Waals surface area contributed by atoms with E-state index in [1.54, 1.807) is 13.8 Å².